The minimum atomic E-state index is -3.72. The van der Waals surface area contributed by atoms with E-state index in [1.807, 2.05) is 26.8 Å². The zero-order valence-electron chi connectivity index (χ0n) is 19.8. The second kappa shape index (κ2) is 9.14. The van der Waals surface area contributed by atoms with Crippen molar-refractivity contribution in [1.82, 2.24) is 15.0 Å². The molecule has 4 rings (SSSR count). The van der Waals surface area contributed by atoms with Gasteiger partial charge in [-0.15, -0.1) is 15.0 Å². The number of benzene rings is 3. The summed E-state index contributed by atoms with van der Waals surface area (Å²) in [5, 5.41) is 29.0. The molecular formula is C26H27N3O5S. The standard InChI is InChI=1S/C26H27N3O5S/c1-26(2,3)20-14-17(8-7-11-24(30)31)15-23(25(20)32)29-27-21-13-12-19(16-22(21)28-29)35(33,34)18-9-5-4-6-10-18/h4-6,9-10,12-16,32H,7-8,11H2,1-3H3,(H,30,31). The number of phenols is 1. The summed E-state index contributed by atoms with van der Waals surface area (Å²) < 4.78 is 26.0. The number of carbonyl (C=O) groups is 1. The van der Waals surface area contributed by atoms with Gasteiger partial charge in [0.05, 0.1) is 9.79 Å². The van der Waals surface area contributed by atoms with Crippen LogP contribution in [0.2, 0.25) is 0 Å². The van der Waals surface area contributed by atoms with Gasteiger partial charge in [-0.3, -0.25) is 4.79 Å². The fraction of sp³-hybridized carbons (Fsp3) is 0.269. The van der Waals surface area contributed by atoms with Crippen LogP contribution in [0, 0.1) is 0 Å². The van der Waals surface area contributed by atoms with E-state index in [9.17, 15) is 18.3 Å². The molecule has 0 unspecified atom stereocenters. The van der Waals surface area contributed by atoms with E-state index in [-0.39, 0.29) is 27.4 Å². The number of aromatic nitrogens is 3. The van der Waals surface area contributed by atoms with Crippen LogP contribution >= 0.6 is 0 Å². The topological polar surface area (TPSA) is 122 Å². The Bertz CT molecular complexity index is 1500. The normalized spacial score (nSPS) is 12.2. The van der Waals surface area contributed by atoms with Gasteiger partial charge in [0.15, 0.2) is 0 Å². The smallest absolute Gasteiger partial charge is 0.303 e. The number of rotatable bonds is 7. The lowest BCUT2D eigenvalue weighted by atomic mass is 9.84. The first-order valence-electron chi connectivity index (χ1n) is 11.2. The van der Waals surface area contributed by atoms with Crippen LogP contribution in [0.3, 0.4) is 0 Å². The molecule has 35 heavy (non-hydrogen) atoms. The second-order valence-corrected chi connectivity index (χ2v) is 11.4. The molecule has 0 saturated carbocycles. The summed E-state index contributed by atoms with van der Waals surface area (Å²) in [5.41, 5.74) is 2.36. The second-order valence-electron chi connectivity index (χ2n) is 9.46. The number of phenolic OH excluding ortho intramolecular Hbond substituents is 1. The van der Waals surface area contributed by atoms with Crippen molar-refractivity contribution in [2.75, 3.05) is 0 Å². The molecule has 8 nitrogen and oxygen atoms in total. The zero-order chi connectivity index (χ0) is 25.4. The highest BCUT2D eigenvalue weighted by Gasteiger charge is 2.24. The molecule has 0 atom stereocenters. The number of hydrogen-bond acceptors (Lipinski definition) is 6. The highest BCUT2D eigenvalue weighted by atomic mass is 32.2. The Labute approximate surface area is 203 Å². The van der Waals surface area contributed by atoms with E-state index in [4.69, 9.17) is 5.11 Å². The van der Waals surface area contributed by atoms with Crippen molar-refractivity contribution in [3.05, 3.63) is 71.8 Å². The number of carboxylic acids is 1. The number of aromatic hydroxyl groups is 1. The lowest BCUT2D eigenvalue weighted by molar-refractivity contribution is -0.137. The van der Waals surface area contributed by atoms with Gasteiger partial charge in [0.1, 0.15) is 22.5 Å². The Kier molecular flexibility index (Phi) is 6.38. The Hall–Kier alpha value is -3.72. The van der Waals surface area contributed by atoms with Crippen LogP contribution < -0.4 is 0 Å². The fourth-order valence-corrected chi connectivity index (χ4v) is 5.20. The number of sulfone groups is 1. The lowest BCUT2D eigenvalue weighted by Gasteiger charge is -2.23. The molecule has 0 spiro atoms. The van der Waals surface area contributed by atoms with Crippen molar-refractivity contribution in [3.63, 3.8) is 0 Å². The quantitative estimate of drug-likeness (QED) is 0.384. The van der Waals surface area contributed by atoms with Crippen LogP contribution in [0.15, 0.2) is 70.5 Å². The van der Waals surface area contributed by atoms with Crippen LogP contribution in [0.1, 0.15) is 44.7 Å². The fourth-order valence-electron chi connectivity index (χ4n) is 3.89. The Morgan fingerprint density at radius 2 is 1.63 bits per heavy atom. The maximum atomic E-state index is 13.0. The minimum absolute atomic E-state index is 0.0249. The van der Waals surface area contributed by atoms with E-state index in [1.54, 1.807) is 30.3 Å². The SMILES string of the molecule is CC(C)(C)c1cc(CCCC(=O)O)cc(-n2nc3ccc(S(=O)(=O)c4ccccc4)cc3n2)c1O. The van der Waals surface area contributed by atoms with Gasteiger partial charge in [0, 0.05) is 12.0 Å². The van der Waals surface area contributed by atoms with Gasteiger partial charge in [-0.25, -0.2) is 8.42 Å². The number of aryl methyl sites for hydroxylation is 1. The van der Waals surface area contributed by atoms with Gasteiger partial charge >= 0.3 is 5.97 Å². The first-order chi connectivity index (χ1) is 16.5. The Balaban J connectivity index is 1.79. The van der Waals surface area contributed by atoms with Gasteiger partial charge < -0.3 is 10.2 Å². The van der Waals surface area contributed by atoms with Crippen LogP contribution in [0.5, 0.6) is 5.75 Å². The van der Waals surface area contributed by atoms with Crippen LogP contribution in [-0.2, 0) is 26.5 Å². The summed E-state index contributed by atoms with van der Waals surface area (Å²) in [6, 6.07) is 16.3. The minimum Gasteiger partial charge on any atom is -0.505 e. The highest BCUT2D eigenvalue weighted by molar-refractivity contribution is 7.91. The Morgan fingerprint density at radius 3 is 2.29 bits per heavy atom. The van der Waals surface area contributed by atoms with Crippen LogP contribution in [0.25, 0.3) is 16.7 Å². The van der Waals surface area contributed by atoms with Gasteiger partial charge in [0.25, 0.3) is 0 Å². The van der Waals surface area contributed by atoms with Gasteiger partial charge in [-0.1, -0.05) is 45.0 Å². The summed E-state index contributed by atoms with van der Waals surface area (Å²) >= 11 is 0. The predicted octanol–water partition coefficient (Wildman–Crippen LogP) is 4.66. The maximum absolute atomic E-state index is 13.0. The molecule has 0 aliphatic carbocycles. The summed E-state index contributed by atoms with van der Waals surface area (Å²) in [5.74, 6) is -0.835. The predicted molar refractivity (Wildman–Crippen MR) is 132 cm³/mol. The summed E-state index contributed by atoms with van der Waals surface area (Å²) in [6.45, 7) is 5.92. The molecule has 0 saturated heterocycles. The molecule has 0 bridgehead atoms. The molecule has 0 radical (unpaired) electrons. The molecule has 0 aliphatic heterocycles. The molecule has 0 aliphatic rings. The van der Waals surface area contributed by atoms with Crippen LogP contribution in [0.4, 0.5) is 0 Å². The number of nitrogens with zero attached hydrogens (tertiary/aromatic N) is 3. The molecular weight excluding hydrogens is 466 g/mol. The Morgan fingerprint density at radius 1 is 0.943 bits per heavy atom. The third-order valence-electron chi connectivity index (χ3n) is 5.74. The molecule has 9 heteroatoms. The molecule has 4 aromatic rings. The van der Waals surface area contributed by atoms with E-state index in [2.05, 4.69) is 10.2 Å². The van der Waals surface area contributed by atoms with E-state index in [0.717, 1.165) is 5.56 Å². The van der Waals surface area contributed by atoms with Crippen molar-refractivity contribution in [1.29, 1.82) is 0 Å². The molecule has 2 N–H and O–H groups in total. The summed E-state index contributed by atoms with van der Waals surface area (Å²) in [4.78, 5) is 12.5. The summed E-state index contributed by atoms with van der Waals surface area (Å²) in [6.07, 6.45) is 1.02. The molecule has 0 fully saturated rings. The maximum Gasteiger partial charge on any atom is 0.303 e. The van der Waals surface area contributed by atoms with Gasteiger partial charge in [-0.2, -0.15) is 0 Å². The van der Waals surface area contributed by atoms with E-state index in [0.29, 0.717) is 35.1 Å². The third-order valence-corrected chi connectivity index (χ3v) is 7.51. The number of aliphatic carboxylic acids is 1. The first-order valence-corrected chi connectivity index (χ1v) is 12.7. The molecule has 1 heterocycles. The van der Waals surface area contributed by atoms with Crippen molar-refractivity contribution >= 4 is 26.8 Å². The third kappa shape index (κ3) is 5.05. The molecule has 182 valence electrons. The van der Waals surface area contributed by atoms with Crippen molar-refractivity contribution in [2.45, 2.75) is 55.2 Å². The number of hydrogen-bond donors (Lipinski definition) is 2. The molecule has 3 aromatic carbocycles. The van der Waals surface area contributed by atoms with E-state index >= 15 is 0 Å². The molecule has 0 amide bonds. The first kappa shape index (κ1) is 24.4. The largest absolute Gasteiger partial charge is 0.505 e. The van der Waals surface area contributed by atoms with E-state index in [1.165, 1.54) is 29.1 Å². The number of carboxylic acid groups (broad SMARTS) is 1. The molecule has 1 aromatic heterocycles. The highest BCUT2D eigenvalue weighted by Crippen LogP contribution is 2.36. The van der Waals surface area contributed by atoms with Crippen molar-refractivity contribution in [3.8, 4) is 11.4 Å². The monoisotopic (exact) mass is 493 g/mol. The van der Waals surface area contributed by atoms with E-state index < -0.39 is 15.8 Å². The average molecular weight is 494 g/mol. The van der Waals surface area contributed by atoms with Crippen LogP contribution in [-0.4, -0.2) is 39.6 Å². The van der Waals surface area contributed by atoms with Gasteiger partial charge in [0.2, 0.25) is 9.84 Å². The zero-order valence-corrected chi connectivity index (χ0v) is 20.6. The summed E-state index contributed by atoms with van der Waals surface area (Å²) in [7, 11) is -3.72. The van der Waals surface area contributed by atoms with Gasteiger partial charge in [-0.05, 0) is 60.2 Å². The van der Waals surface area contributed by atoms with Crippen molar-refractivity contribution in [2.24, 2.45) is 0 Å². The lowest BCUT2D eigenvalue weighted by Crippen LogP contribution is -2.14. The van der Waals surface area contributed by atoms with Crippen molar-refractivity contribution < 1.29 is 23.4 Å². The number of fused-ring (bicyclic) bond motifs is 1. The average Bonchev–Trinajstić information content (AvgIpc) is 3.22.